The Morgan fingerprint density at radius 1 is 1.29 bits per heavy atom. The van der Waals surface area contributed by atoms with E-state index < -0.39 is 0 Å². The number of nitrogens with zero attached hydrogens (tertiary/aromatic N) is 1. The molecule has 1 aliphatic rings. The number of hydrogen-bond acceptors (Lipinski definition) is 2. The highest BCUT2D eigenvalue weighted by Gasteiger charge is 2.44. The van der Waals surface area contributed by atoms with Crippen molar-refractivity contribution in [2.45, 2.75) is 18.3 Å². The lowest BCUT2D eigenvalue weighted by Gasteiger charge is -2.14. The van der Waals surface area contributed by atoms with Gasteiger partial charge in [-0.15, -0.1) is 0 Å². The first kappa shape index (κ1) is 16.6. The number of benzene rings is 2. The number of nitrogens with two attached hydrogens (primary N) is 1. The predicted octanol–water partition coefficient (Wildman–Crippen LogP) is 3.95. The van der Waals surface area contributed by atoms with Crippen LogP contribution in [0.2, 0.25) is 5.02 Å². The molecule has 3 rings (SSSR count). The first-order chi connectivity index (χ1) is 11.5. The molecule has 1 fully saturated rings. The highest BCUT2D eigenvalue weighted by molar-refractivity contribution is 6.32. The Morgan fingerprint density at radius 3 is 2.58 bits per heavy atom. The molecule has 3 N–H and O–H groups in total. The lowest BCUT2D eigenvalue weighted by Crippen LogP contribution is -2.25. The summed E-state index contributed by atoms with van der Waals surface area (Å²) in [4.78, 5) is 4.44. The first-order valence-corrected chi connectivity index (χ1v) is 8.07. The van der Waals surface area contributed by atoms with Crippen molar-refractivity contribution in [3.63, 3.8) is 0 Å². The van der Waals surface area contributed by atoms with Crippen molar-refractivity contribution in [3.05, 3.63) is 58.9 Å². The van der Waals surface area contributed by atoms with Gasteiger partial charge in [-0.1, -0.05) is 23.7 Å². The molecule has 0 aromatic heterocycles. The van der Waals surface area contributed by atoms with Gasteiger partial charge in [0.15, 0.2) is 5.96 Å². The van der Waals surface area contributed by atoms with Gasteiger partial charge in [-0.2, -0.15) is 0 Å². The van der Waals surface area contributed by atoms with Crippen molar-refractivity contribution in [2.24, 2.45) is 10.7 Å². The molecule has 126 valence electrons. The van der Waals surface area contributed by atoms with Gasteiger partial charge in [-0.05, 0) is 48.7 Å². The Hall–Kier alpha value is -2.27. The summed E-state index contributed by atoms with van der Waals surface area (Å²) in [5, 5.41) is 3.52. The summed E-state index contributed by atoms with van der Waals surface area (Å²) in [6.45, 7) is 0.571. The van der Waals surface area contributed by atoms with Gasteiger partial charge in [0.05, 0.1) is 18.7 Å². The van der Waals surface area contributed by atoms with Gasteiger partial charge < -0.3 is 15.8 Å². The molecule has 24 heavy (non-hydrogen) atoms. The Morgan fingerprint density at radius 2 is 2.00 bits per heavy atom. The third kappa shape index (κ3) is 3.62. The zero-order chi connectivity index (χ0) is 17.2. The molecule has 0 aliphatic heterocycles. The highest BCUT2D eigenvalue weighted by Crippen LogP contribution is 2.48. The monoisotopic (exact) mass is 347 g/mol. The Balaban J connectivity index is 1.66. The number of methoxy groups -OCH3 is 1. The third-order valence-corrected chi connectivity index (χ3v) is 4.58. The number of hydrogen-bond donors (Lipinski definition) is 2. The SMILES string of the molecule is COc1ccc(NC(N)=NCC2(c3ccc(F)cc3)CC2)cc1Cl. The summed E-state index contributed by atoms with van der Waals surface area (Å²) in [7, 11) is 1.56. The van der Waals surface area contributed by atoms with Gasteiger partial charge in [-0.25, -0.2) is 4.39 Å². The molecule has 2 aromatic rings. The molecule has 0 radical (unpaired) electrons. The van der Waals surface area contributed by atoms with E-state index in [1.165, 1.54) is 12.1 Å². The van der Waals surface area contributed by atoms with Gasteiger partial charge in [-0.3, -0.25) is 4.99 Å². The maximum atomic E-state index is 13.1. The third-order valence-electron chi connectivity index (χ3n) is 4.29. The van der Waals surface area contributed by atoms with Crippen LogP contribution < -0.4 is 15.8 Å². The maximum absolute atomic E-state index is 13.1. The second-order valence-corrected chi connectivity index (χ2v) is 6.37. The molecule has 1 saturated carbocycles. The number of aliphatic imine (C=N–C) groups is 1. The van der Waals surface area contributed by atoms with Gasteiger partial charge >= 0.3 is 0 Å². The lowest BCUT2D eigenvalue weighted by atomic mass is 9.96. The molecule has 4 nitrogen and oxygen atoms in total. The largest absolute Gasteiger partial charge is 0.495 e. The second kappa shape index (κ2) is 6.69. The summed E-state index contributed by atoms with van der Waals surface area (Å²) < 4.78 is 18.2. The Bertz CT molecular complexity index is 757. The van der Waals surface area contributed by atoms with E-state index in [1.54, 1.807) is 19.2 Å². The van der Waals surface area contributed by atoms with Crippen LogP contribution in [0.4, 0.5) is 10.1 Å². The molecule has 0 saturated heterocycles. The predicted molar refractivity (Wildman–Crippen MR) is 95.4 cm³/mol. The minimum absolute atomic E-state index is 0.0163. The van der Waals surface area contributed by atoms with Gasteiger partial charge in [0.2, 0.25) is 0 Å². The van der Waals surface area contributed by atoms with Crippen LogP contribution >= 0.6 is 11.6 Å². The summed E-state index contributed by atoms with van der Waals surface area (Å²) in [5.41, 5.74) is 7.80. The molecule has 0 amide bonds. The number of anilines is 1. The Kier molecular flexibility index (Phi) is 4.62. The van der Waals surface area contributed by atoms with Gasteiger partial charge in [0.25, 0.3) is 0 Å². The fraction of sp³-hybridized carbons (Fsp3) is 0.278. The molecule has 0 atom stereocenters. The van der Waals surface area contributed by atoms with E-state index in [1.807, 2.05) is 18.2 Å². The first-order valence-electron chi connectivity index (χ1n) is 7.69. The van der Waals surface area contributed by atoms with Crippen molar-refractivity contribution in [2.75, 3.05) is 19.0 Å². The summed E-state index contributed by atoms with van der Waals surface area (Å²) in [5.74, 6) is 0.700. The second-order valence-electron chi connectivity index (χ2n) is 5.96. The molecule has 0 unspecified atom stereocenters. The van der Waals surface area contributed by atoms with E-state index in [9.17, 15) is 4.39 Å². The van der Waals surface area contributed by atoms with Crippen LogP contribution in [0.1, 0.15) is 18.4 Å². The van der Waals surface area contributed by atoms with Crippen molar-refractivity contribution < 1.29 is 9.13 Å². The van der Waals surface area contributed by atoms with Gasteiger partial charge in [0, 0.05) is 11.1 Å². The van der Waals surface area contributed by atoms with E-state index in [0.29, 0.717) is 23.3 Å². The van der Waals surface area contributed by atoms with Crippen molar-refractivity contribution in [3.8, 4) is 5.75 Å². The number of nitrogens with one attached hydrogen (secondary N) is 1. The smallest absolute Gasteiger partial charge is 0.193 e. The van der Waals surface area contributed by atoms with E-state index >= 15 is 0 Å². The Labute approximate surface area is 145 Å². The minimum atomic E-state index is -0.226. The van der Waals surface area contributed by atoms with Gasteiger partial charge in [0.1, 0.15) is 11.6 Å². The van der Waals surface area contributed by atoms with E-state index in [2.05, 4.69) is 10.3 Å². The lowest BCUT2D eigenvalue weighted by molar-refractivity contribution is 0.415. The molecule has 6 heteroatoms. The normalized spacial score (nSPS) is 15.9. The maximum Gasteiger partial charge on any atom is 0.193 e. The molecule has 0 bridgehead atoms. The van der Waals surface area contributed by atoms with Crippen LogP contribution in [0.15, 0.2) is 47.5 Å². The average Bonchev–Trinajstić information content (AvgIpc) is 3.35. The number of rotatable bonds is 5. The standard InChI is InChI=1S/C18H19ClFN3O/c1-24-16-7-6-14(10-15(16)19)23-17(21)22-11-18(8-9-18)12-2-4-13(20)5-3-12/h2-7,10H,8-9,11H2,1H3,(H3,21,22,23). The minimum Gasteiger partial charge on any atom is -0.495 e. The summed E-state index contributed by atoms with van der Waals surface area (Å²) in [6.07, 6.45) is 2.06. The molecule has 2 aromatic carbocycles. The average molecular weight is 348 g/mol. The number of ether oxygens (including phenoxy) is 1. The zero-order valence-electron chi connectivity index (χ0n) is 13.4. The van der Waals surface area contributed by atoms with Crippen LogP contribution in [-0.2, 0) is 5.41 Å². The number of guanidine groups is 1. The van der Waals surface area contributed by atoms with Crippen molar-refractivity contribution in [1.82, 2.24) is 0 Å². The quantitative estimate of drug-likeness (QED) is 0.636. The number of halogens is 2. The molecule has 1 aliphatic carbocycles. The summed E-state index contributed by atoms with van der Waals surface area (Å²) >= 11 is 6.09. The molecule has 0 spiro atoms. The van der Waals surface area contributed by atoms with Crippen LogP contribution in [0.3, 0.4) is 0 Å². The highest BCUT2D eigenvalue weighted by atomic mass is 35.5. The van der Waals surface area contributed by atoms with Crippen molar-refractivity contribution >= 4 is 23.2 Å². The zero-order valence-corrected chi connectivity index (χ0v) is 14.1. The van der Waals surface area contributed by atoms with Crippen LogP contribution in [0.5, 0.6) is 5.75 Å². The topological polar surface area (TPSA) is 59.6 Å². The molecule has 0 heterocycles. The van der Waals surface area contributed by atoms with E-state index in [-0.39, 0.29) is 11.2 Å². The van der Waals surface area contributed by atoms with Crippen molar-refractivity contribution in [1.29, 1.82) is 0 Å². The fourth-order valence-corrected chi connectivity index (χ4v) is 2.92. The van der Waals surface area contributed by atoms with E-state index in [4.69, 9.17) is 22.1 Å². The van der Waals surface area contributed by atoms with Crippen LogP contribution in [-0.4, -0.2) is 19.6 Å². The van der Waals surface area contributed by atoms with Crippen LogP contribution in [0.25, 0.3) is 0 Å². The fourth-order valence-electron chi connectivity index (χ4n) is 2.66. The summed E-state index contributed by atoms with van der Waals surface area (Å²) in [6, 6.07) is 11.9. The van der Waals surface area contributed by atoms with Crippen LogP contribution in [0, 0.1) is 5.82 Å². The molecular weight excluding hydrogens is 329 g/mol. The molecular formula is C18H19ClFN3O. The van der Waals surface area contributed by atoms with E-state index in [0.717, 1.165) is 24.1 Å².